The third-order valence-electron chi connectivity index (χ3n) is 7.79. The molecular formula is C24H25ClFN3O3. The van der Waals surface area contributed by atoms with E-state index in [2.05, 4.69) is 12.2 Å². The van der Waals surface area contributed by atoms with Crippen LogP contribution in [0.1, 0.15) is 42.1 Å². The molecule has 6 nitrogen and oxygen atoms in total. The third kappa shape index (κ3) is 3.01. The molecule has 3 N–H and O–H groups in total. The van der Waals surface area contributed by atoms with Crippen molar-refractivity contribution in [1.82, 2.24) is 4.57 Å². The summed E-state index contributed by atoms with van der Waals surface area (Å²) in [5, 5.41) is 9.68. The van der Waals surface area contributed by atoms with Crippen molar-refractivity contribution in [2.75, 3.05) is 18.0 Å². The van der Waals surface area contributed by atoms with Gasteiger partial charge in [0.1, 0.15) is 11.4 Å². The van der Waals surface area contributed by atoms with Gasteiger partial charge in [-0.25, -0.2) is 9.18 Å². The number of nitrogens with zero attached hydrogens (tertiary/aromatic N) is 2. The Morgan fingerprint density at radius 1 is 1.16 bits per heavy atom. The number of aromatic carboxylic acids is 1. The van der Waals surface area contributed by atoms with Crippen LogP contribution in [0, 0.1) is 29.5 Å². The number of halogens is 2. The van der Waals surface area contributed by atoms with E-state index in [0.717, 1.165) is 12.8 Å². The quantitative estimate of drug-likeness (QED) is 0.682. The third-order valence-corrected chi connectivity index (χ3v) is 8.15. The number of carboxylic acid groups (broad SMARTS) is 1. The molecular weight excluding hydrogens is 433 g/mol. The minimum atomic E-state index is -1.32. The number of rotatable bonds is 4. The standard InChI is InChI=1S/C24H25ClFN3O3/c25-20-21-14(23(30)17(24(31)32)10-29(21)12-3-4-12)7-18(26)22(20)28-8-15-13(11-1-2-11)5-6-19(27)16(15)9-28/h5-7,10-13,15-16,19H,1-4,8-9,27H2,(H,31,32). The zero-order chi connectivity index (χ0) is 22.3. The second kappa shape index (κ2) is 7.06. The van der Waals surface area contributed by atoms with Crippen LogP contribution in [0.4, 0.5) is 10.1 Å². The van der Waals surface area contributed by atoms with E-state index >= 15 is 4.39 Å². The molecule has 4 atom stereocenters. The molecule has 8 heteroatoms. The van der Waals surface area contributed by atoms with E-state index in [9.17, 15) is 14.7 Å². The zero-order valence-corrected chi connectivity index (χ0v) is 18.3. The van der Waals surface area contributed by atoms with Crippen molar-refractivity contribution < 1.29 is 14.3 Å². The molecule has 0 spiro atoms. The molecule has 4 unspecified atom stereocenters. The molecule has 0 amide bonds. The Balaban J connectivity index is 1.48. The van der Waals surface area contributed by atoms with E-state index in [4.69, 9.17) is 17.3 Å². The van der Waals surface area contributed by atoms with Gasteiger partial charge < -0.3 is 20.3 Å². The van der Waals surface area contributed by atoms with E-state index in [1.807, 2.05) is 4.90 Å². The van der Waals surface area contributed by atoms with Crippen LogP contribution in [-0.4, -0.2) is 34.8 Å². The first kappa shape index (κ1) is 20.2. The number of fused-ring (bicyclic) bond motifs is 2. The van der Waals surface area contributed by atoms with Crippen LogP contribution in [0.2, 0.25) is 5.02 Å². The van der Waals surface area contributed by atoms with Gasteiger partial charge in [-0.3, -0.25) is 4.79 Å². The van der Waals surface area contributed by atoms with Crippen LogP contribution in [-0.2, 0) is 0 Å². The van der Waals surface area contributed by atoms with Gasteiger partial charge in [-0.2, -0.15) is 0 Å². The van der Waals surface area contributed by atoms with Gasteiger partial charge in [-0.05, 0) is 49.5 Å². The van der Waals surface area contributed by atoms with Crippen molar-refractivity contribution in [3.8, 4) is 0 Å². The Hall–Kier alpha value is -2.38. The predicted molar refractivity (Wildman–Crippen MR) is 121 cm³/mol. The first-order valence-electron chi connectivity index (χ1n) is 11.3. The van der Waals surface area contributed by atoms with Gasteiger partial charge >= 0.3 is 5.97 Å². The van der Waals surface area contributed by atoms with Crippen molar-refractivity contribution in [2.24, 2.45) is 29.4 Å². The lowest BCUT2D eigenvalue weighted by molar-refractivity contribution is 0.0695. The molecule has 0 radical (unpaired) electrons. The second-order valence-electron chi connectivity index (χ2n) is 9.84. The molecule has 2 heterocycles. The van der Waals surface area contributed by atoms with E-state index in [-0.39, 0.29) is 34.0 Å². The van der Waals surface area contributed by atoms with Crippen molar-refractivity contribution in [3.63, 3.8) is 0 Å². The summed E-state index contributed by atoms with van der Waals surface area (Å²) in [6.45, 7) is 1.29. The lowest BCUT2D eigenvalue weighted by atomic mass is 9.74. The maximum atomic E-state index is 15.5. The largest absolute Gasteiger partial charge is 0.477 e. The number of anilines is 1. The number of nitrogens with two attached hydrogens (primary N) is 1. The number of carbonyl (C=O) groups is 1. The van der Waals surface area contributed by atoms with Crippen LogP contribution in [0.15, 0.2) is 29.2 Å². The highest BCUT2D eigenvalue weighted by Gasteiger charge is 2.47. The molecule has 0 bridgehead atoms. The number of aromatic nitrogens is 1. The minimum absolute atomic E-state index is 0.0221. The Bertz CT molecular complexity index is 1230. The molecule has 168 valence electrons. The number of hydrogen-bond acceptors (Lipinski definition) is 4. The van der Waals surface area contributed by atoms with Gasteiger partial charge in [0, 0.05) is 37.3 Å². The van der Waals surface area contributed by atoms with Crippen molar-refractivity contribution >= 4 is 34.2 Å². The Kier molecular flexibility index (Phi) is 4.46. The first-order valence-corrected chi connectivity index (χ1v) is 11.7. The molecule has 2 saturated carbocycles. The van der Waals surface area contributed by atoms with Crippen molar-refractivity contribution in [3.05, 3.63) is 51.0 Å². The van der Waals surface area contributed by atoms with Gasteiger partial charge in [-0.1, -0.05) is 23.8 Å². The zero-order valence-electron chi connectivity index (χ0n) is 17.5. The lowest BCUT2D eigenvalue weighted by Gasteiger charge is -2.32. The number of pyridine rings is 1. The smallest absolute Gasteiger partial charge is 0.341 e. The van der Waals surface area contributed by atoms with Crippen molar-refractivity contribution in [1.29, 1.82) is 0 Å². The van der Waals surface area contributed by atoms with Crippen LogP contribution < -0.4 is 16.1 Å². The highest BCUT2D eigenvalue weighted by atomic mass is 35.5. The molecule has 3 fully saturated rings. The average Bonchev–Trinajstić information content (AvgIpc) is 3.66. The van der Waals surface area contributed by atoms with Crippen LogP contribution in [0.3, 0.4) is 0 Å². The van der Waals surface area contributed by atoms with Crippen molar-refractivity contribution in [2.45, 2.75) is 37.8 Å². The molecule has 1 aliphatic heterocycles. The van der Waals surface area contributed by atoms with E-state index < -0.39 is 17.2 Å². The number of benzene rings is 1. The fourth-order valence-corrected chi connectivity index (χ4v) is 6.30. The highest BCUT2D eigenvalue weighted by Crippen LogP contribution is 2.50. The summed E-state index contributed by atoms with van der Waals surface area (Å²) in [6, 6.07) is 1.18. The fourth-order valence-electron chi connectivity index (χ4n) is 5.90. The molecule has 6 rings (SSSR count). The summed E-state index contributed by atoms with van der Waals surface area (Å²) in [7, 11) is 0. The maximum absolute atomic E-state index is 15.5. The normalized spacial score (nSPS) is 29.5. The number of carboxylic acids is 1. The molecule has 1 saturated heterocycles. The fraction of sp³-hybridized carbons (Fsp3) is 0.500. The highest BCUT2D eigenvalue weighted by molar-refractivity contribution is 6.38. The molecule has 2 aromatic rings. The molecule has 32 heavy (non-hydrogen) atoms. The summed E-state index contributed by atoms with van der Waals surface area (Å²) >= 11 is 6.82. The van der Waals surface area contributed by atoms with E-state index in [1.165, 1.54) is 25.1 Å². The van der Waals surface area contributed by atoms with E-state index in [0.29, 0.717) is 42.0 Å². The molecule has 1 aromatic heterocycles. The Morgan fingerprint density at radius 2 is 1.88 bits per heavy atom. The second-order valence-corrected chi connectivity index (χ2v) is 10.2. The SMILES string of the molecule is NC1C=CC(C2CC2)C2CN(c3c(F)cc4c(=O)c(C(=O)O)cn(C5CC5)c4c3Cl)CC12. The van der Waals surface area contributed by atoms with Crippen LogP contribution in [0.5, 0.6) is 0 Å². The average molecular weight is 458 g/mol. The number of allylic oxidation sites excluding steroid dienone is 1. The van der Waals surface area contributed by atoms with Crippen LogP contribution >= 0.6 is 11.6 Å². The van der Waals surface area contributed by atoms with Gasteiger partial charge in [0.15, 0.2) is 0 Å². The Labute approximate surface area is 189 Å². The predicted octanol–water partition coefficient (Wildman–Crippen LogP) is 3.80. The summed E-state index contributed by atoms with van der Waals surface area (Å²) in [6.07, 6.45) is 9.93. The molecule has 1 aromatic carbocycles. The van der Waals surface area contributed by atoms with Gasteiger partial charge in [0.05, 0.1) is 21.6 Å². The van der Waals surface area contributed by atoms with Gasteiger partial charge in [0.2, 0.25) is 5.43 Å². The molecule has 4 aliphatic rings. The van der Waals surface area contributed by atoms with E-state index in [1.54, 1.807) is 4.57 Å². The molecule has 3 aliphatic carbocycles. The number of hydrogen-bond donors (Lipinski definition) is 2. The minimum Gasteiger partial charge on any atom is -0.477 e. The lowest BCUT2D eigenvalue weighted by Crippen LogP contribution is -2.39. The summed E-state index contributed by atoms with van der Waals surface area (Å²) in [5.41, 5.74) is 6.07. The topological polar surface area (TPSA) is 88.6 Å². The van der Waals surface area contributed by atoms with Gasteiger partial charge in [-0.15, -0.1) is 0 Å². The Morgan fingerprint density at radius 3 is 2.53 bits per heavy atom. The first-order chi connectivity index (χ1) is 15.3. The van der Waals surface area contributed by atoms with Gasteiger partial charge in [0.25, 0.3) is 0 Å². The maximum Gasteiger partial charge on any atom is 0.341 e. The van der Waals surface area contributed by atoms with Crippen LogP contribution in [0.25, 0.3) is 10.9 Å². The summed E-state index contributed by atoms with van der Waals surface area (Å²) < 4.78 is 17.2. The summed E-state index contributed by atoms with van der Waals surface area (Å²) in [4.78, 5) is 26.4. The summed E-state index contributed by atoms with van der Waals surface area (Å²) in [5.74, 6) is -0.159. The monoisotopic (exact) mass is 457 g/mol.